The minimum atomic E-state index is 0.0231. The number of hydrogen-bond donors (Lipinski definition) is 2. The van der Waals surface area contributed by atoms with Crippen LogP contribution in [0.4, 0.5) is 0 Å². The fourth-order valence-corrected chi connectivity index (χ4v) is 2.86. The van der Waals surface area contributed by atoms with Crippen molar-refractivity contribution in [3.8, 4) is 11.5 Å². The number of para-hydroxylation sites is 2. The van der Waals surface area contributed by atoms with E-state index in [0.29, 0.717) is 37.1 Å². The first-order valence-corrected chi connectivity index (χ1v) is 9.42. The maximum absolute atomic E-state index is 12.1. The van der Waals surface area contributed by atoms with Gasteiger partial charge in [0.2, 0.25) is 0 Å². The Hall–Kier alpha value is -2.53. The van der Waals surface area contributed by atoms with Crippen molar-refractivity contribution < 1.29 is 19.2 Å². The van der Waals surface area contributed by atoms with E-state index in [1.54, 1.807) is 7.11 Å². The van der Waals surface area contributed by atoms with Gasteiger partial charge in [0.1, 0.15) is 13.2 Å². The van der Waals surface area contributed by atoms with E-state index in [1.807, 2.05) is 31.3 Å². The third-order valence-electron chi connectivity index (χ3n) is 4.37. The van der Waals surface area contributed by atoms with Crippen molar-refractivity contribution in [3.05, 3.63) is 59.7 Å². The predicted molar refractivity (Wildman–Crippen MR) is 107 cm³/mol. The lowest BCUT2D eigenvalue weighted by atomic mass is 10.0. The van der Waals surface area contributed by atoms with E-state index in [1.165, 1.54) is 11.1 Å². The third kappa shape index (κ3) is 6.94. The van der Waals surface area contributed by atoms with Gasteiger partial charge in [-0.05, 0) is 23.6 Å². The van der Waals surface area contributed by atoms with Crippen LogP contribution in [-0.4, -0.2) is 39.8 Å². The standard InChI is InChI=1S/C22H30N2O3/c1-17(2)19-11-9-18(10-12-19)15-24(3)16-22(25)23-13-14-27-21-8-6-5-7-20(21)26-4/h5-12,17H,13-16H2,1-4H3,(H,23,25)/p+1. The fourth-order valence-electron chi connectivity index (χ4n) is 2.86. The summed E-state index contributed by atoms with van der Waals surface area (Å²) in [7, 11) is 3.64. The molecule has 0 spiro atoms. The zero-order valence-corrected chi connectivity index (χ0v) is 16.7. The molecule has 0 aliphatic heterocycles. The third-order valence-corrected chi connectivity index (χ3v) is 4.37. The summed E-state index contributed by atoms with van der Waals surface area (Å²) in [5.74, 6) is 1.93. The van der Waals surface area contributed by atoms with Gasteiger partial charge in [-0.25, -0.2) is 0 Å². The Bertz CT molecular complexity index is 714. The average molecular weight is 372 g/mol. The van der Waals surface area contributed by atoms with Crippen LogP contribution in [0.3, 0.4) is 0 Å². The second-order valence-corrected chi connectivity index (χ2v) is 7.06. The summed E-state index contributed by atoms with van der Waals surface area (Å²) < 4.78 is 10.9. The molecule has 1 amide bonds. The molecule has 0 fully saturated rings. The van der Waals surface area contributed by atoms with Crippen molar-refractivity contribution in [2.75, 3.05) is 33.9 Å². The largest absolute Gasteiger partial charge is 0.493 e. The minimum Gasteiger partial charge on any atom is -0.493 e. The van der Waals surface area contributed by atoms with Crippen LogP contribution in [0.5, 0.6) is 11.5 Å². The first kappa shape index (κ1) is 20.8. The van der Waals surface area contributed by atoms with Crippen LogP contribution in [-0.2, 0) is 11.3 Å². The number of hydrogen-bond acceptors (Lipinski definition) is 3. The van der Waals surface area contributed by atoms with Crippen LogP contribution in [0.2, 0.25) is 0 Å². The van der Waals surface area contributed by atoms with Crippen LogP contribution in [0, 0.1) is 0 Å². The number of benzene rings is 2. The number of amides is 1. The smallest absolute Gasteiger partial charge is 0.275 e. The molecule has 5 heteroatoms. The molecule has 2 aromatic carbocycles. The molecule has 1 unspecified atom stereocenters. The zero-order valence-electron chi connectivity index (χ0n) is 16.7. The number of nitrogens with one attached hydrogen (secondary N) is 2. The monoisotopic (exact) mass is 371 g/mol. The lowest BCUT2D eigenvalue weighted by molar-refractivity contribution is -0.885. The van der Waals surface area contributed by atoms with Crippen molar-refractivity contribution in [1.82, 2.24) is 5.32 Å². The Labute approximate surface area is 162 Å². The highest BCUT2D eigenvalue weighted by molar-refractivity contribution is 5.76. The number of methoxy groups -OCH3 is 1. The van der Waals surface area contributed by atoms with E-state index >= 15 is 0 Å². The Morgan fingerprint density at radius 2 is 1.74 bits per heavy atom. The Balaban J connectivity index is 1.69. The summed E-state index contributed by atoms with van der Waals surface area (Å²) in [5, 5.41) is 2.91. The molecule has 5 nitrogen and oxygen atoms in total. The summed E-state index contributed by atoms with van der Waals surface area (Å²) in [6.45, 7) is 6.50. The van der Waals surface area contributed by atoms with Gasteiger partial charge in [-0.1, -0.05) is 50.2 Å². The lowest BCUT2D eigenvalue weighted by Gasteiger charge is -2.15. The summed E-state index contributed by atoms with van der Waals surface area (Å²) in [5.41, 5.74) is 2.58. The first-order chi connectivity index (χ1) is 13.0. The molecule has 0 heterocycles. The van der Waals surface area contributed by atoms with E-state index in [9.17, 15) is 4.79 Å². The van der Waals surface area contributed by atoms with Gasteiger partial charge in [0.25, 0.3) is 5.91 Å². The van der Waals surface area contributed by atoms with Crippen LogP contribution in [0.1, 0.15) is 30.9 Å². The van der Waals surface area contributed by atoms with Gasteiger partial charge >= 0.3 is 0 Å². The Kier molecular flexibility index (Phi) is 8.14. The van der Waals surface area contributed by atoms with Gasteiger partial charge in [0.05, 0.1) is 20.7 Å². The zero-order chi connectivity index (χ0) is 19.6. The quantitative estimate of drug-likeness (QED) is 0.629. The van der Waals surface area contributed by atoms with Gasteiger partial charge in [-0.3, -0.25) is 4.79 Å². The Morgan fingerprint density at radius 1 is 1.07 bits per heavy atom. The lowest BCUT2D eigenvalue weighted by Crippen LogP contribution is -3.08. The molecule has 146 valence electrons. The molecule has 0 saturated heterocycles. The van der Waals surface area contributed by atoms with Crippen molar-refractivity contribution in [3.63, 3.8) is 0 Å². The van der Waals surface area contributed by atoms with Crippen LogP contribution in [0.25, 0.3) is 0 Å². The Morgan fingerprint density at radius 3 is 2.37 bits per heavy atom. The maximum Gasteiger partial charge on any atom is 0.275 e. The molecular formula is C22H31N2O3+. The molecule has 0 aliphatic rings. The second-order valence-electron chi connectivity index (χ2n) is 7.06. The van der Waals surface area contributed by atoms with Crippen LogP contribution in [0.15, 0.2) is 48.5 Å². The van der Waals surface area contributed by atoms with E-state index in [-0.39, 0.29) is 5.91 Å². The second kappa shape index (κ2) is 10.6. The molecule has 0 radical (unpaired) electrons. The number of ether oxygens (including phenoxy) is 2. The normalized spacial score (nSPS) is 11.9. The SMILES string of the molecule is COc1ccccc1OCCNC(=O)C[NH+](C)Cc1ccc(C(C)C)cc1. The summed E-state index contributed by atoms with van der Waals surface area (Å²) in [6.07, 6.45) is 0. The van der Waals surface area contributed by atoms with Crippen LogP contribution >= 0.6 is 0 Å². The highest BCUT2D eigenvalue weighted by Crippen LogP contribution is 2.25. The number of carbonyl (C=O) groups is 1. The first-order valence-electron chi connectivity index (χ1n) is 9.42. The van der Waals surface area contributed by atoms with Crippen molar-refractivity contribution >= 4 is 5.91 Å². The van der Waals surface area contributed by atoms with Gasteiger partial charge < -0.3 is 19.7 Å². The minimum absolute atomic E-state index is 0.0231. The number of quaternary nitrogens is 1. The van der Waals surface area contributed by atoms with E-state index in [4.69, 9.17) is 9.47 Å². The molecule has 0 aromatic heterocycles. The molecular weight excluding hydrogens is 340 g/mol. The van der Waals surface area contributed by atoms with Gasteiger partial charge in [0.15, 0.2) is 18.0 Å². The molecule has 0 aliphatic carbocycles. The number of rotatable bonds is 10. The summed E-state index contributed by atoms with van der Waals surface area (Å²) in [4.78, 5) is 13.3. The molecule has 27 heavy (non-hydrogen) atoms. The molecule has 1 atom stereocenters. The fraction of sp³-hybridized carbons (Fsp3) is 0.409. The highest BCUT2D eigenvalue weighted by atomic mass is 16.5. The van der Waals surface area contributed by atoms with Crippen molar-refractivity contribution in [2.24, 2.45) is 0 Å². The van der Waals surface area contributed by atoms with Gasteiger partial charge in [-0.15, -0.1) is 0 Å². The van der Waals surface area contributed by atoms with Crippen molar-refractivity contribution in [1.29, 1.82) is 0 Å². The van der Waals surface area contributed by atoms with E-state index < -0.39 is 0 Å². The van der Waals surface area contributed by atoms with Crippen LogP contribution < -0.4 is 19.7 Å². The van der Waals surface area contributed by atoms with E-state index in [2.05, 4.69) is 43.4 Å². The summed E-state index contributed by atoms with van der Waals surface area (Å²) >= 11 is 0. The number of likely N-dealkylation sites (N-methyl/N-ethyl adjacent to an activating group) is 1. The average Bonchev–Trinajstić information content (AvgIpc) is 2.65. The highest BCUT2D eigenvalue weighted by Gasteiger charge is 2.11. The van der Waals surface area contributed by atoms with Crippen molar-refractivity contribution in [2.45, 2.75) is 26.3 Å². The summed E-state index contributed by atoms with van der Waals surface area (Å²) in [6, 6.07) is 16.1. The predicted octanol–water partition coefficient (Wildman–Crippen LogP) is 2.03. The molecule has 2 N–H and O–H groups in total. The molecule has 2 aromatic rings. The molecule has 2 rings (SSSR count). The molecule has 0 bridgehead atoms. The van der Waals surface area contributed by atoms with Gasteiger partial charge in [-0.2, -0.15) is 0 Å². The maximum atomic E-state index is 12.1. The molecule has 0 saturated carbocycles. The number of carbonyl (C=O) groups excluding carboxylic acids is 1. The topological polar surface area (TPSA) is 52.0 Å². The van der Waals surface area contributed by atoms with E-state index in [0.717, 1.165) is 11.4 Å². The van der Waals surface area contributed by atoms with Gasteiger partial charge in [0, 0.05) is 5.56 Å².